The highest BCUT2D eigenvalue weighted by molar-refractivity contribution is 5.52. The topological polar surface area (TPSA) is 69.4 Å². The summed E-state index contributed by atoms with van der Waals surface area (Å²) in [5.74, 6) is 0.985. The van der Waals surface area contributed by atoms with Gasteiger partial charge in [0.15, 0.2) is 0 Å². The van der Waals surface area contributed by atoms with E-state index in [0.717, 1.165) is 0 Å². The van der Waals surface area contributed by atoms with Gasteiger partial charge in [0.25, 0.3) is 0 Å². The molecule has 0 aliphatic heterocycles. The maximum Gasteiger partial charge on any atom is 0.240 e. The second kappa shape index (κ2) is 4.66. The molecule has 0 unspecified atom stereocenters. The van der Waals surface area contributed by atoms with Crippen molar-refractivity contribution in [2.75, 3.05) is 32.2 Å². The van der Waals surface area contributed by atoms with Gasteiger partial charge < -0.3 is 14.7 Å². The molecule has 0 spiro atoms. The van der Waals surface area contributed by atoms with E-state index in [2.05, 4.69) is 4.98 Å². The van der Waals surface area contributed by atoms with Crippen molar-refractivity contribution in [1.82, 2.24) is 10.7 Å². The smallest absolute Gasteiger partial charge is 0.240 e. The third-order valence-corrected chi connectivity index (χ3v) is 1.87. The first-order chi connectivity index (χ1) is 6.69. The van der Waals surface area contributed by atoms with Gasteiger partial charge in [0.1, 0.15) is 11.5 Å². The molecule has 0 aliphatic carbocycles. The fraction of sp³-hybridized carbons (Fsp3) is 0.444. The lowest BCUT2D eigenvalue weighted by Crippen LogP contribution is -2.22. The van der Waals surface area contributed by atoms with Crippen LogP contribution in [0.4, 0.5) is 11.5 Å². The van der Waals surface area contributed by atoms with Crippen LogP contribution in [0.15, 0.2) is 12.1 Å². The molecule has 1 aromatic rings. The van der Waals surface area contributed by atoms with Gasteiger partial charge in [0, 0.05) is 13.6 Å². The van der Waals surface area contributed by atoms with Gasteiger partial charge in [-0.25, -0.2) is 0 Å². The zero-order valence-electron chi connectivity index (χ0n) is 8.32. The van der Waals surface area contributed by atoms with Gasteiger partial charge in [-0.05, 0) is 12.1 Å². The molecule has 2 N–H and O–H groups in total. The van der Waals surface area contributed by atoms with Crippen LogP contribution in [0, 0.1) is 0 Å². The Balaban J connectivity index is 2.88. The molecule has 0 aliphatic rings. The summed E-state index contributed by atoms with van der Waals surface area (Å²) in [5.41, 5.74) is 7.71. The standard InChI is InChI=1S/C9H14N3O2/c1-12(5-6-13)8-4-3-7(10)9(11-8)14-2/h3-4,10,13H,5-6H2,1-2H3. The number of aliphatic hydroxyl groups excluding tert-OH is 1. The second-order valence-electron chi connectivity index (χ2n) is 2.87. The molecule has 0 aromatic carbocycles. The van der Waals surface area contributed by atoms with Crippen LogP contribution in [0.3, 0.4) is 0 Å². The fourth-order valence-corrected chi connectivity index (χ4v) is 1.06. The third kappa shape index (κ3) is 2.26. The summed E-state index contributed by atoms with van der Waals surface area (Å²) in [6, 6.07) is 3.34. The first-order valence-electron chi connectivity index (χ1n) is 4.27. The Hall–Kier alpha value is -1.49. The normalized spacial score (nSPS) is 9.93. The number of hydrogen-bond donors (Lipinski definition) is 1. The molecule has 0 amide bonds. The van der Waals surface area contributed by atoms with Crippen molar-refractivity contribution >= 4 is 11.5 Å². The number of methoxy groups -OCH3 is 1. The number of anilines is 1. The molecule has 0 fully saturated rings. The van der Waals surface area contributed by atoms with Gasteiger partial charge >= 0.3 is 0 Å². The van der Waals surface area contributed by atoms with Crippen LogP contribution in [-0.4, -0.2) is 37.4 Å². The van der Waals surface area contributed by atoms with Crippen LogP contribution in [0.2, 0.25) is 0 Å². The van der Waals surface area contributed by atoms with E-state index in [1.807, 2.05) is 7.05 Å². The summed E-state index contributed by atoms with van der Waals surface area (Å²) >= 11 is 0. The lowest BCUT2D eigenvalue weighted by atomic mass is 10.4. The Labute approximate surface area is 83.1 Å². The number of hydrogen-bond acceptors (Lipinski definition) is 4. The van der Waals surface area contributed by atoms with Crippen LogP contribution in [0.1, 0.15) is 0 Å². The zero-order chi connectivity index (χ0) is 10.6. The number of aromatic nitrogens is 1. The summed E-state index contributed by atoms with van der Waals surface area (Å²) < 4.78 is 4.93. The Morgan fingerprint density at radius 1 is 1.57 bits per heavy atom. The number of aliphatic hydroxyl groups is 1. The van der Waals surface area contributed by atoms with Crippen molar-refractivity contribution in [3.63, 3.8) is 0 Å². The van der Waals surface area contributed by atoms with E-state index in [9.17, 15) is 0 Å². The Bertz CT molecular complexity index is 304. The Kier molecular flexibility index (Phi) is 3.53. The predicted molar refractivity (Wildman–Crippen MR) is 53.9 cm³/mol. The van der Waals surface area contributed by atoms with E-state index in [4.69, 9.17) is 15.6 Å². The van der Waals surface area contributed by atoms with Gasteiger partial charge in [0.05, 0.1) is 13.7 Å². The van der Waals surface area contributed by atoms with Crippen molar-refractivity contribution in [2.45, 2.75) is 0 Å². The van der Waals surface area contributed by atoms with E-state index in [1.54, 1.807) is 17.0 Å². The SMILES string of the molecule is COc1nc(N(C)CCO)ccc1[NH]. The molecule has 1 heterocycles. The maximum absolute atomic E-state index is 8.74. The van der Waals surface area contributed by atoms with Crippen LogP contribution in [0.25, 0.3) is 0 Å². The monoisotopic (exact) mass is 196 g/mol. The lowest BCUT2D eigenvalue weighted by Gasteiger charge is -2.17. The van der Waals surface area contributed by atoms with Gasteiger partial charge in [-0.1, -0.05) is 0 Å². The highest BCUT2D eigenvalue weighted by atomic mass is 16.5. The number of pyridine rings is 1. The fourth-order valence-electron chi connectivity index (χ4n) is 1.06. The Morgan fingerprint density at radius 2 is 2.29 bits per heavy atom. The van der Waals surface area contributed by atoms with Gasteiger partial charge in [-0.3, -0.25) is 5.73 Å². The molecular weight excluding hydrogens is 182 g/mol. The minimum Gasteiger partial charge on any atom is -0.479 e. The van der Waals surface area contributed by atoms with E-state index in [0.29, 0.717) is 18.2 Å². The first kappa shape index (κ1) is 10.6. The summed E-state index contributed by atoms with van der Waals surface area (Å²) in [4.78, 5) is 5.91. The molecule has 5 heteroatoms. The van der Waals surface area contributed by atoms with Gasteiger partial charge in [-0.15, -0.1) is 0 Å². The average Bonchev–Trinajstić information content (AvgIpc) is 2.19. The summed E-state index contributed by atoms with van der Waals surface area (Å²) in [5, 5.41) is 8.74. The van der Waals surface area contributed by atoms with Crippen molar-refractivity contribution in [2.24, 2.45) is 0 Å². The first-order valence-corrected chi connectivity index (χ1v) is 4.27. The van der Waals surface area contributed by atoms with E-state index in [-0.39, 0.29) is 12.3 Å². The molecule has 0 bridgehead atoms. The molecule has 1 aromatic heterocycles. The van der Waals surface area contributed by atoms with Gasteiger partial charge in [0.2, 0.25) is 5.88 Å². The predicted octanol–water partition coefficient (Wildman–Crippen LogP) is 0.433. The summed E-state index contributed by atoms with van der Waals surface area (Å²) in [7, 11) is 3.30. The van der Waals surface area contributed by atoms with E-state index >= 15 is 0 Å². The highest BCUT2D eigenvalue weighted by Crippen LogP contribution is 2.22. The zero-order valence-corrected chi connectivity index (χ0v) is 8.32. The van der Waals surface area contributed by atoms with E-state index in [1.165, 1.54) is 7.11 Å². The number of ether oxygens (including phenoxy) is 1. The van der Waals surface area contributed by atoms with E-state index < -0.39 is 0 Å². The van der Waals surface area contributed by atoms with Crippen molar-refractivity contribution in [3.8, 4) is 5.88 Å². The van der Waals surface area contributed by atoms with Crippen LogP contribution in [-0.2, 0) is 0 Å². The third-order valence-electron chi connectivity index (χ3n) is 1.87. The van der Waals surface area contributed by atoms with Crippen molar-refractivity contribution in [1.29, 1.82) is 0 Å². The van der Waals surface area contributed by atoms with Crippen molar-refractivity contribution < 1.29 is 9.84 Å². The molecule has 1 rings (SSSR count). The second-order valence-corrected chi connectivity index (χ2v) is 2.87. The molecule has 0 saturated carbocycles. The summed E-state index contributed by atoms with van der Waals surface area (Å²) in [6.45, 7) is 0.580. The maximum atomic E-state index is 8.74. The van der Waals surface area contributed by atoms with Crippen LogP contribution < -0.4 is 15.4 Å². The van der Waals surface area contributed by atoms with Crippen molar-refractivity contribution in [3.05, 3.63) is 12.1 Å². The largest absolute Gasteiger partial charge is 0.479 e. The lowest BCUT2D eigenvalue weighted by molar-refractivity contribution is 0.303. The quantitative estimate of drug-likeness (QED) is 0.758. The minimum absolute atomic E-state index is 0.0725. The van der Waals surface area contributed by atoms with Crippen LogP contribution in [0.5, 0.6) is 5.88 Å². The minimum atomic E-state index is 0.0725. The molecule has 77 valence electrons. The average molecular weight is 196 g/mol. The Morgan fingerprint density at radius 3 is 2.86 bits per heavy atom. The molecule has 5 nitrogen and oxygen atoms in total. The molecule has 0 saturated heterocycles. The molecule has 1 radical (unpaired) electrons. The molecule has 14 heavy (non-hydrogen) atoms. The molecule has 0 atom stereocenters. The van der Waals surface area contributed by atoms with Gasteiger partial charge in [-0.2, -0.15) is 4.98 Å². The number of nitrogens with one attached hydrogen (secondary N) is 1. The number of likely N-dealkylation sites (N-methyl/N-ethyl adjacent to an activating group) is 1. The number of rotatable bonds is 4. The van der Waals surface area contributed by atoms with Crippen LogP contribution >= 0.6 is 0 Å². The number of nitrogens with zero attached hydrogens (tertiary/aromatic N) is 2. The highest BCUT2D eigenvalue weighted by Gasteiger charge is 2.06. The molecular formula is C9H14N3O2. The summed E-state index contributed by atoms with van der Waals surface area (Å²) in [6.07, 6.45) is 0.